The van der Waals surface area contributed by atoms with E-state index in [0.29, 0.717) is 0 Å². The van der Waals surface area contributed by atoms with Gasteiger partial charge in [0.1, 0.15) is 5.82 Å². The fourth-order valence-corrected chi connectivity index (χ4v) is 1.01. The lowest BCUT2D eigenvalue weighted by Crippen LogP contribution is -2.07. The third kappa shape index (κ3) is 1.15. The van der Waals surface area contributed by atoms with Crippen LogP contribution in [0.25, 0.3) is 0 Å². The van der Waals surface area contributed by atoms with Crippen LogP contribution in [0.5, 0.6) is 0 Å². The van der Waals surface area contributed by atoms with Gasteiger partial charge in [0, 0.05) is 18.0 Å². The highest BCUT2D eigenvalue weighted by Crippen LogP contribution is 2.12. The van der Waals surface area contributed by atoms with Crippen LogP contribution in [0.3, 0.4) is 0 Å². The highest BCUT2D eigenvalue weighted by Gasteiger charge is 2.01. The van der Waals surface area contributed by atoms with Gasteiger partial charge in [0.2, 0.25) is 0 Å². The van der Waals surface area contributed by atoms with E-state index in [2.05, 4.69) is 10.3 Å². The molecule has 0 saturated carbocycles. The molecule has 0 amide bonds. The van der Waals surface area contributed by atoms with Gasteiger partial charge in [-0.15, -0.1) is 0 Å². The molecule has 0 spiro atoms. The van der Waals surface area contributed by atoms with Crippen LogP contribution in [0, 0.1) is 0 Å². The highest BCUT2D eigenvalue weighted by atomic mass is 15.0. The molecule has 0 fully saturated rings. The molecule has 54 valence electrons. The van der Waals surface area contributed by atoms with Gasteiger partial charge in [-0.05, 0) is 6.08 Å². The van der Waals surface area contributed by atoms with Crippen LogP contribution in [0.4, 0.5) is 0 Å². The smallest absolute Gasteiger partial charge is 0.137 e. The van der Waals surface area contributed by atoms with Crippen molar-refractivity contribution in [3.63, 3.8) is 0 Å². The minimum absolute atomic E-state index is 0.914. The summed E-state index contributed by atoms with van der Waals surface area (Å²) >= 11 is 0. The largest absolute Gasteiger partial charge is 0.346 e. The molecule has 0 atom stereocenters. The van der Waals surface area contributed by atoms with Crippen LogP contribution in [0.15, 0.2) is 53.0 Å². The maximum absolute atomic E-state index is 4.17. The average Bonchev–Trinajstić information content (AvgIpc) is 2.58. The van der Waals surface area contributed by atoms with Crippen molar-refractivity contribution < 1.29 is 0 Å². The Morgan fingerprint density at radius 2 is 1.91 bits per heavy atom. The van der Waals surface area contributed by atoms with Gasteiger partial charge in [-0.25, -0.2) is 4.99 Å². The second-order valence-electron chi connectivity index (χ2n) is 2.30. The molecule has 1 heterocycles. The van der Waals surface area contributed by atoms with E-state index >= 15 is 0 Å². The second kappa shape index (κ2) is 2.58. The zero-order valence-electron chi connectivity index (χ0n) is 5.99. The van der Waals surface area contributed by atoms with Gasteiger partial charge in [-0.2, -0.15) is 0 Å². The van der Waals surface area contributed by atoms with E-state index in [4.69, 9.17) is 0 Å². The summed E-state index contributed by atoms with van der Waals surface area (Å²) in [5, 5.41) is 3.06. The van der Waals surface area contributed by atoms with Gasteiger partial charge < -0.3 is 5.32 Å². The van der Waals surface area contributed by atoms with E-state index in [1.165, 1.54) is 0 Å². The minimum Gasteiger partial charge on any atom is -0.346 e. The third-order valence-electron chi connectivity index (χ3n) is 1.54. The lowest BCUT2D eigenvalue weighted by atomic mass is 10.3. The van der Waals surface area contributed by atoms with Crippen molar-refractivity contribution in [2.45, 2.75) is 0 Å². The normalized spacial score (nSPS) is 19.6. The van der Waals surface area contributed by atoms with Crippen LogP contribution in [-0.2, 0) is 0 Å². The Morgan fingerprint density at radius 3 is 2.55 bits per heavy atom. The first-order chi connectivity index (χ1) is 5.47. The molecule has 0 aromatic rings. The van der Waals surface area contributed by atoms with E-state index in [1.54, 1.807) is 6.21 Å². The van der Waals surface area contributed by atoms with E-state index in [-0.39, 0.29) is 0 Å². The Labute approximate surface area is 65.3 Å². The summed E-state index contributed by atoms with van der Waals surface area (Å²) in [5.74, 6) is 0.914. The fraction of sp³-hybridized carbons (Fsp3) is 0. The summed E-state index contributed by atoms with van der Waals surface area (Å²) < 4.78 is 0. The zero-order valence-corrected chi connectivity index (χ0v) is 5.99. The first-order valence-electron chi connectivity index (χ1n) is 3.51. The van der Waals surface area contributed by atoms with Crippen molar-refractivity contribution in [3.05, 3.63) is 48.0 Å². The molecule has 0 saturated heterocycles. The predicted molar refractivity (Wildman–Crippen MR) is 46.1 cm³/mol. The maximum atomic E-state index is 4.17. The number of nitrogens with one attached hydrogen (secondary N) is 1. The number of nitrogens with zero attached hydrogens (tertiary/aromatic N) is 1. The quantitative estimate of drug-likeness (QED) is 0.547. The first kappa shape index (κ1) is 6.16. The average molecular weight is 144 g/mol. The Balaban J connectivity index is 2.33. The summed E-state index contributed by atoms with van der Waals surface area (Å²) in [6, 6.07) is 0. The molecule has 0 radical (unpaired) electrons. The zero-order chi connectivity index (χ0) is 7.52. The lowest BCUT2D eigenvalue weighted by Gasteiger charge is -2.05. The second-order valence-corrected chi connectivity index (χ2v) is 2.30. The molecular weight excluding hydrogens is 136 g/mol. The molecule has 2 aliphatic rings. The topological polar surface area (TPSA) is 24.4 Å². The standard InChI is InChI=1S/C9H8N2/c1-2-5-8(4-1)9-10-6-3-7-11-9/h1-7,10H. The number of allylic oxidation sites excluding steroid dienone is 6. The molecule has 1 aliphatic heterocycles. The summed E-state index contributed by atoms with van der Waals surface area (Å²) in [4.78, 5) is 4.17. The summed E-state index contributed by atoms with van der Waals surface area (Å²) in [6.45, 7) is 0. The van der Waals surface area contributed by atoms with Crippen molar-refractivity contribution in [2.75, 3.05) is 0 Å². The molecule has 0 bridgehead atoms. The van der Waals surface area contributed by atoms with Crippen molar-refractivity contribution >= 4 is 6.21 Å². The van der Waals surface area contributed by atoms with E-state index in [0.717, 1.165) is 11.4 Å². The van der Waals surface area contributed by atoms with Crippen molar-refractivity contribution in [1.82, 2.24) is 5.32 Å². The highest BCUT2D eigenvalue weighted by molar-refractivity contribution is 5.73. The van der Waals surface area contributed by atoms with Crippen molar-refractivity contribution in [3.8, 4) is 0 Å². The third-order valence-corrected chi connectivity index (χ3v) is 1.54. The summed E-state index contributed by atoms with van der Waals surface area (Å²) in [7, 11) is 0. The van der Waals surface area contributed by atoms with Crippen LogP contribution in [0.2, 0.25) is 0 Å². The van der Waals surface area contributed by atoms with Gasteiger partial charge in [-0.1, -0.05) is 24.3 Å². The molecule has 1 N–H and O–H groups in total. The fourth-order valence-electron chi connectivity index (χ4n) is 1.01. The molecule has 0 aromatic carbocycles. The van der Waals surface area contributed by atoms with Crippen LogP contribution in [0.1, 0.15) is 0 Å². The van der Waals surface area contributed by atoms with Gasteiger partial charge in [0.25, 0.3) is 0 Å². The number of hydrogen-bond acceptors (Lipinski definition) is 2. The molecule has 0 unspecified atom stereocenters. The van der Waals surface area contributed by atoms with Crippen molar-refractivity contribution in [1.29, 1.82) is 0 Å². The van der Waals surface area contributed by atoms with E-state index in [1.807, 2.05) is 36.6 Å². The predicted octanol–water partition coefficient (Wildman–Crippen LogP) is 1.51. The molecule has 2 rings (SSSR count). The Bertz CT molecular complexity index is 290. The molecule has 11 heavy (non-hydrogen) atoms. The molecule has 0 aromatic heterocycles. The molecule has 1 aliphatic carbocycles. The monoisotopic (exact) mass is 144 g/mol. The van der Waals surface area contributed by atoms with Gasteiger partial charge >= 0.3 is 0 Å². The summed E-state index contributed by atoms with van der Waals surface area (Å²) in [5.41, 5.74) is 1.13. The molecule has 2 heteroatoms. The SMILES string of the molecule is C1=CNC(=C2C=CC=C2)N=C1. The molecule has 2 nitrogen and oxygen atoms in total. The van der Waals surface area contributed by atoms with Gasteiger partial charge in [0.15, 0.2) is 0 Å². The Kier molecular flexibility index (Phi) is 1.44. The number of rotatable bonds is 0. The lowest BCUT2D eigenvalue weighted by molar-refractivity contribution is 1.01. The summed E-state index contributed by atoms with van der Waals surface area (Å²) in [6.07, 6.45) is 13.6. The van der Waals surface area contributed by atoms with Gasteiger partial charge in [0.05, 0.1) is 0 Å². The molecular formula is C9H8N2. The van der Waals surface area contributed by atoms with E-state index in [9.17, 15) is 0 Å². The Morgan fingerprint density at radius 1 is 1.09 bits per heavy atom. The Hall–Kier alpha value is -1.57. The number of hydrogen-bond donors (Lipinski definition) is 1. The van der Waals surface area contributed by atoms with Crippen LogP contribution < -0.4 is 5.32 Å². The number of aliphatic imine (C=N–C) groups is 1. The van der Waals surface area contributed by atoms with Crippen molar-refractivity contribution in [2.24, 2.45) is 4.99 Å². The van der Waals surface area contributed by atoms with E-state index < -0.39 is 0 Å². The first-order valence-corrected chi connectivity index (χ1v) is 3.51. The van der Waals surface area contributed by atoms with Crippen LogP contribution >= 0.6 is 0 Å². The minimum atomic E-state index is 0.914. The van der Waals surface area contributed by atoms with Crippen LogP contribution in [-0.4, -0.2) is 6.21 Å². The maximum Gasteiger partial charge on any atom is 0.137 e. The van der Waals surface area contributed by atoms with Gasteiger partial charge in [-0.3, -0.25) is 0 Å².